The van der Waals surface area contributed by atoms with E-state index < -0.39 is 6.54 Å². The second-order valence-corrected chi connectivity index (χ2v) is 0.311. The number of aliphatic hydroxyl groups excluding tert-OH is 1. The molecule has 0 fully saturated rings. The first-order valence-corrected chi connectivity index (χ1v) is 0.735. The Hall–Kier alpha value is -0.150. The standard InChI is InChI=1S/CH3FO2/c2-1(3)4/h1,3-4H. The first-order valence-electron chi connectivity index (χ1n) is 0.735. The summed E-state index contributed by atoms with van der Waals surface area (Å²) >= 11 is 0. The van der Waals surface area contributed by atoms with Crippen molar-refractivity contribution in [1.82, 2.24) is 0 Å². The fourth-order valence-corrected chi connectivity index (χ4v) is 0. The summed E-state index contributed by atoms with van der Waals surface area (Å²) in [4.78, 5) is 0. The fraction of sp³-hybridized carbons (Fsp3) is 1.00. The average Bonchev–Trinajstić information content (AvgIpc) is 0.811. The van der Waals surface area contributed by atoms with Crippen molar-refractivity contribution in [3.8, 4) is 0 Å². The second-order valence-electron chi connectivity index (χ2n) is 0.311. The predicted molar refractivity (Wildman–Crippen MR) is 9.33 cm³/mol. The van der Waals surface area contributed by atoms with Crippen LogP contribution in [0.3, 0.4) is 0 Å². The Morgan fingerprint density at radius 3 is 1.50 bits per heavy atom. The first kappa shape index (κ1) is 3.85. The van der Waals surface area contributed by atoms with Crippen LogP contribution in [0.1, 0.15) is 0 Å². The quantitative estimate of drug-likeness (QED) is 0.364. The van der Waals surface area contributed by atoms with Crippen molar-refractivity contribution in [1.29, 1.82) is 0 Å². The Labute approximate surface area is 22.5 Å². The van der Waals surface area contributed by atoms with Gasteiger partial charge >= 0.3 is 6.54 Å². The van der Waals surface area contributed by atoms with Crippen molar-refractivity contribution in [2.24, 2.45) is 0 Å². The molecule has 0 heterocycles. The topological polar surface area (TPSA) is 40.5 Å². The molecule has 2 N–H and O–H groups in total. The molecule has 0 atom stereocenters. The summed E-state index contributed by atoms with van der Waals surface area (Å²) in [6.45, 7) is -2.67. The van der Waals surface area contributed by atoms with Crippen molar-refractivity contribution in [3.05, 3.63) is 0 Å². The predicted octanol–water partition coefficient (Wildman–Crippen LogP) is -0.776. The summed E-state index contributed by atoms with van der Waals surface area (Å²) in [7, 11) is 0. The van der Waals surface area contributed by atoms with Gasteiger partial charge in [0.2, 0.25) is 0 Å². The molecule has 4 heavy (non-hydrogen) atoms. The summed E-state index contributed by atoms with van der Waals surface area (Å²) in [5.74, 6) is 0. The minimum atomic E-state index is -2.67. The maximum absolute atomic E-state index is 10.1. The third kappa shape index (κ3) is 59.4. The molecular weight excluding hydrogens is 63.0 g/mol. The number of alkyl halides is 1. The van der Waals surface area contributed by atoms with Gasteiger partial charge in [0.1, 0.15) is 0 Å². The molecule has 0 aromatic rings. The van der Waals surface area contributed by atoms with Crippen LogP contribution in [0.2, 0.25) is 0 Å². The van der Waals surface area contributed by atoms with Crippen LogP contribution >= 0.6 is 0 Å². The molecule has 0 aliphatic rings. The first-order chi connectivity index (χ1) is 1.73. The average molecular weight is 66.0 g/mol. The lowest BCUT2D eigenvalue weighted by Gasteiger charge is -1.75. The van der Waals surface area contributed by atoms with Gasteiger partial charge in [-0.2, -0.15) is 4.39 Å². The second kappa shape index (κ2) is 1.20. The highest BCUT2D eigenvalue weighted by Gasteiger charge is 1.77. The molecule has 0 aromatic carbocycles. The molecule has 0 spiro atoms. The van der Waals surface area contributed by atoms with Crippen molar-refractivity contribution < 1.29 is 14.6 Å². The van der Waals surface area contributed by atoms with E-state index in [1.165, 1.54) is 0 Å². The highest BCUT2D eigenvalue weighted by Crippen LogP contribution is 1.65. The van der Waals surface area contributed by atoms with Gasteiger partial charge in [0.15, 0.2) is 0 Å². The molecule has 0 rings (SSSR count). The highest BCUT2D eigenvalue weighted by atomic mass is 19.2. The Bertz CT molecular complexity index is 10.8. The Kier molecular flexibility index (Phi) is 1.16. The fourth-order valence-electron chi connectivity index (χ4n) is 0. The Morgan fingerprint density at radius 1 is 1.50 bits per heavy atom. The largest absolute Gasteiger partial charge is 0.342 e. The summed E-state index contributed by atoms with van der Waals surface area (Å²) in [5, 5.41) is 13.9. The Balaban J connectivity index is 2.32. The summed E-state index contributed by atoms with van der Waals surface area (Å²) in [5.41, 5.74) is 0. The molecule has 0 amide bonds. The lowest BCUT2D eigenvalue weighted by molar-refractivity contribution is -0.140. The molecular formula is CH3FO2. The van der Waals surface area contributed by atoms with Gasteiger partial charge in [-0.3, -0.25) is 0 Å². The van der Waals surface area contributed by atoms with E-state index in [4.69, 9.17) is 10.2 Å². The molecule has 0 radical (unpaired) electrons. The van der Waals surface area contributed by atoms with Crippen LogP contribution < -0.4 is 0 Å². The number of aliphatic hydroxyl groups is 2. The van der Waals surface area contributed by atoms with E-state index >= 15 is 0 Å². The number of rotatable bonds is 0. The van der Waals surface area contributed by atoms with E-state index in [0.29, 0.717) is 0 Å². The zero-order chi connectivity index (χ0) is 3.58. The zero-order valence-electron chi connectivity index (χ0n) is 1.85. The molecule has 0 saturated heterocycles. The van der Waals surface area contributed by atoms with Crippen LogP contribution in [-0.4, -0.2) is 16.8 Å². The van der Waals surface area contributed by atoms with Crippen molar-refractivity contribution in [3.63, 3.8) is 0 Å². The molecule has 0 bridgehead atoms. The van der Waals surface area contributed by atoms with Gasteiger partial charge in [0, 0.05) is 0 Å². The Morgan fingerprint density at radius 2 is 1.50 bits per heavy atom. The molecule has 0 saturated carbocycles. The van der Waals surface area contributed by atoms with Crippen LogP contribution in [0.4, 0.5) is 4.39 Å². The number of halogens is 1. The van der Waals surface area contributed by atoms with Gasteiger partial charge in [-0.25, -0.2) is 0 Å². The van der Waals surface area contributed by atoms with E-state index in [1.807, 2.05) is 0 Å². The van der Waals surface area contributed by atoms with Gasteiger partial charge in [0.25, 0.3) is 0 Å². The van der Waals surface area contributed by atoms with Gasteiger partial charge in [-0.05, 0) is 0 Å². The van der Waals surface area contributed by atoms with E-state index in [1.54, 1.807) is 0 Å². The van der Waals surface area contributed by atoms with Crippen molar-refractivity contribution in [2.75, 3.05) is 0 Å². The van der Waals surface area contributed by atoms with E-state index in [9.17, 15) is 4.39 Å². The monoisotopic (exact) mass is 66.0 g/mol. The lowest BCUT2D eigenvalue weighted by Crippen LogP contribution is -1.89. The third-order valence-electron chi connectivity index (χ3n) is 0. The SMILES string of the molecule is OC(O)F. The molecule has 26 valence electrons. The summed E-state index contributed by atoms with van der Waals surface area (Å²) < 4.78 is 10.1. The maximum atomic E-state index is 10.1. The molecule has 3 heteroatoms. The summed E-state index contributed by atoms with van der Waals surface area (Å²) in [6.07, 6.45) is 0. The molecule has 0 aliphatic heterocycles. The third-order valence-corrected chi connectivity index (χ3v) is 0. The van der Waals surface area contributed by atoms with Crippen LogP contribution in [0.25, 0.3) is 0 Å². The molecule has 0 aliphatic carbocycles. The number of hydrogen-bond donors (Lipinski definition) is 2. The molecule has 2 nitrogen and oxygen atoms in total. The van der Waals surface area contributed by atoms with Crippen molar-refractivity contribution >= 4 is 0 Å². The maximum Gasteiger partial charge on any atom is 0.304 e. The lowest BCUT2D eigenvalue weighted by atomic mass is 11.4. The van der Waals surface area contributed by atoms with E-state index in [2.05, 4.69) is 0 Å². The zero-order valence-corrected chi connectivity index (χ0v) is 1.85. The van der Waals surface area contributed by atoms with Gasteiger partial charge in [-0.1, -0.05) is 0 Å². The smallest absolute Gasteiger partial charge is 0.304 e. The van der Waals surface area contributed by atoms with Crippen LogP contribution in [0.5, 0.6) is 0 Å². The molecule has 0 unspecified atom stereocenters. The van der Waals surface area contributed by atoms with Crippen LogP contribution in [0, 0.1) is 0 Å². The van der Waals surface area contributed by atoms with Crippen LogP contribution in [0.15, 0.2) is 0 Å². The summed E-state index contributed by atoms with van der Waals surface area (Å²) in [6, 6.07) is 0. The highest BCUT2D eigenvalue weighted by molar-refractivity contribution is 3.78. The van der Waals surface area contributed by atoms with Crippen LogP contribution in [-0.2, 0) is 0 Å². The van der Waals surface area contributed by atoms with E-state index in [0.717, 1.165) is 0 Å². The normalized spacial score (nSPS) is 9.00. The van der Waals surface area contributed by atoms with E-state index in [-0.39, 0.29) is 0 Å². The van der Waals surface area contributed by atoms with Gasteiger partial charge in [-0.15, -0.1) is 0 Å². The van der Waals surface area contributed by atoms with Gasteiger partial charge < -0.3 is 10.2 Å². The molecule has 0 aromatic heterocycles. The minimum Gasteiger partial charge on any atom is -0.342 e. The number of hydrogen-bond acceptors (Lipinski definition) is 2. The van der Waals surface area contributed by atoms with Crippen molar-refractivity contribution in [2.45, 2.75) is 6.54 Å². The minimum absolute atomic E-state index is 2.67. The van der Waals surface area contributed by atoms with Gasteiger partial charge in [0.05, 0.1) is 0 Å².